The summed E-state index contributed by atoms with van der Waals surface area (Å²) in [6.45, 7) is 2.07. The Labute approximate surface area is 196 Å². The minimum atomic E-state index is -0.306. The normalized spacial score (nSPS) is 11.7. The fraction of sp³-hybridized carbons (Fsp3) is 0.240. The minimum absolute atomic E-state index is 0.306. The standard InChI is InChI=1S/C25H26IN3S/c1-17-27-23-16-20(10-15-24(23)30-17)25(26,18-6-11-21(12-7-18)28(2)3)19-8-13-22(14-9-19)29(4)5/h6-16H,1-5H3. The first-order valence-electron chi connectivity index (χ1n) is 9.91. The van der Waals surface area contributed by atoms with Crippen LogP contribution in [0.3, 0.4) is 0 Å². The van der Waals surface area contributed by atoms with Gasteiger partial charge in [0.05, 0.1) is 18.6 Å². The average Bonchev–Trinajstić information content (AvgIpc) is 3.12. The zero-order valence-corrected chi connectivity index (χ0v) is 21.0. The summed E-state index contributed by atoms with van der Waals surface area (Å²) in [5, 5.41) is 1.10. The van der Waals surface area contributed by atoms with E-state index in [1.807, 2.05) is 0 Å². The highest BCUT2D eigenvalue weighted by Gasteiger charge is 2.34. The molecule has 4 rings (SSSR count). The highest BCUT2D eigenvalue weighted by molar-refractivity contribution is 14.1. The molecule has 154 valence electrons. The van der Waals surface area contributed by atoms with Crippen molar-refractivity contribution in [3.05, 3.63) is 88.4 Å². The number of alkyl halides is 1. The third-order valence-corrected chi connectivity index (χ3v) is 8.28. The molecule has 0 saturated carbocycles. The average molecular weight is 527 g/mol. The van der Waals surface area contributed by atoms with Crippen LogP contribution in [-0.4, -0.2) is 33.2 Å². The molecule has 3 nitrogen and oxygen atoms in total. The lowest BCUT2D eigenvalue weighted by Gasteiger charge is -2.31. The fourth-order valence-electron chi connectivity index (χ4n) is 3.74. The monoisotopic (exact) mass is 527 g/mol. The second kappa shape index (κ2) is 8.19. The number of nitrogens with zero attached hydrogens (tertiary/aromatic N) is 3. The number of rotatable bonds is 5. The first-order chi connectivity index (χ1) is 14.3. The van der Waals surface area contributed by atoms with E-state index in [0.29, 0.717) is 0 Å². The topological polar surface area (TPSA) is 19.4 Å². The Kier molecular flexibility index (Phi) is 5.77. The molecular formula is C25H26IN3S. The van der Waals surface area contributed by atoms with E-state index < -0.39 is 0 Å². The van der Waals surface area contributed by atoms with Crippen LogP contribution >= 0.6 is 33.9 Å². The van der Waals surface area contributed by atoms with Gasteiger partial charge in [-0.2, -0.15) is 0 Å². The molecule has 0 N–H and O–H groups in total. The third kappa shape index (κ3) is 3.81. The predicted octanol–water partition coefficient (Wildman–Crippen LogP) is 6.46. The van der Waals surface area contributed by atoms with Gasteiger partial charge in [-0.1, -0.05) is 52.9 Å². The van der Waals surface area contributed by atoms with Gasteiger partial charge in [0.15, 0.2) is 0 Å². The van der Waals surface area contributed by atoms with Gasteiger partial charge in [-0.25, -0.2) is 4.98 Å². The highest BCUT2D eigenvalue weighted by Crippen LogP contribution is 2.46. The Morgan fingerprint density at radius 3 is 1.67 bits per heavy atom. The number of hydrogen-bond donors (Lipinski definition) is 0. The van der Waals surface area contributed by atoms with Crippen molar-refractivity contribution in [1.29, 1.82) is 0 Å². The maximum Gasteiger partial charge on any atom is 0.0969 e. The molecule has 0 aliphatic carbocycles. The zero-order chi connectivity index (χ0) is 21.5. The largest absolute Gasteiger partial charge is 0.378 e. The van der Waals surface area contributed by atoms with Gasteiger partial charge in [0, 0.05) is 39.6 Å². The number of aryl methyl sites for hydroxylation is 1. The smallest absolute Gasteiger partial charge is 0.0969 e. The first kappa shape index (κ1) is 21.1. The Bertz CT molecular complexity index is 1110. The summed E-state index contributed by atoms with van der Waals surface area (Å²) in [7, 11) is 8.30. The Morgan fingerprint density at radius 2 is 1.20 bits per heavy atom. The van der Waals surface area contributed by atoms with Crippen LogP contribution in [0.15, 0.2) is 66.7 Å². The molecule has 0 bridgehead atoms. The van der Waals surface area contributed by atoms with Crippen LogP contribution in [0.25, 0.3) is 10.2 Å². The molecule has 0 fully saturated rings. The van der Waals surface area contributed by atoms with Crippen molar-refractivity contribution in [2.24, 2.45) is 0 Å². The Balaban J connectivity index is 1.90. The van der Waals surface area contributed by atoms with Crippen molar-refractivity contribution in [2.75, 3.05) is 38.0 Å². The van der Waals surface area contributed by atoms with Crippen molar-refractivity contribution < 1.29 is 0 Å². The van der Waals surface area contributed by atoms with Gasteiger partial charge in [0.1, 0.15) is 0 Å². The Morgan fingerprint density at radius 1 is 0.733 bits per heavy atom. The molecule has 3 aromatic carbocycles. The van der Waals surface area contributed by atoms with E-state index in [2.05, 4.69) is 134 Å². The van der Waals surface area contributed by atoms with Crippen molar-refractivity contribution in [3.8, 4) is 0 Å². The minimum Gasteiger partial charge on any atom is -0.378 e. The molecule has 1 heterocycles. The lowest BCUT2D eigenvalue weighted by Crippen LogP contribution is -2.22. The zero-order valence-electron chi connectivity index (χ0n) is 18.0. The summed E-state index contributed by atoms with van der Waals surface area (Å²) in [6.07, 6.45) is 0. The van der Waals surface area contributed by atoms with Crippen molar-refractivity contribution >= 4 is 55.5 Å². The van der Waals surface area contributed by atoms with Gasteiger partial charge in [-0.05, 0) is 60.0 Å². The highest BCUT2D eigenvalue weighted by atomic mass is 127. The Hall–Kier alpha value is -2.12. The lowest BCUT2D eigenvalue weighted by atomic mass is 9.84. The van der Waals surface area contributed by atoms with Crippen LogP contribution in [0.4, 0.5) is 11.4 Å². The van der Waals surface area contributed by atoms with Crippen molar-refractivity contribution in [2.45, 2.75) is 10.3 Å². The summed E-state index contributed by atoms with van der Waals surface area (Å²) in [6, 6.07) is 24.5. The van der Waals surface area contributed by atoms with Crippen LogP contribution in [0, 0.1) is 6.92 Å². The fourth-order valence-corrected chi connectivity index (χ4v) is 5.60. The number of fused-ring (bicyclic) bond motifs is 1. The number of anilines is 2. The van der Waals surface area contributed by atoms with Gasteiger partial charge in [-0.15, -0.1) is 11.3 Å². The molecule has 0 aliphatic heterocycles. The van der Waals surface area contributed by atoms with Gasteiger partial charge in [-0.3, -0.25) is 0 Å². The summed E-state index contributed by atoms with van der Waals surface area (Å²) in [5.41, 5.74) is 7.24. The van der Waals surface area contributed by atoms with Crippen molar-refractivity contribution in [3.63, 3.8) is 0 Å². The third-order valence-electron chi connectivity index (χ3n) is 5.46. The number of benzene rings is 3. The molecule has 0 aliphatic rings. The molecule has 5 heteroatoms. The van der Waals surface area contributed by atoms with Gasteiger partial charge >= 0.3 is 0 Å². The molecule has 1 aromatic heterocycles. The summed E-state index contributed by atoms with van der Waals surface area (Å²) >= 11 is 4.37. The van der Waals surface area contributed by atoms with Crippen LogP contribution in [0.1, 0.15) is 21.7 Å². The summed E-state index contributed by atoms with van der Waals surface area (Å²) < 4.78 is 0.931. The maximum atomic E-state index is 4.75. The molecule has 0 amide bonds. The van der Waals surface area contributed by atoms with Gasteiger partial charge in [0.25, 0.3) is 0 Å². The molecule has 4 aromatic rings. The number of halogens is 1. The quantitative estimate of drug-likeness (QED) is 0.169. The predicted molar refractivity (Wildman–Crippen MR) is 140 cm³/mol. The van der Waals surface area contributed by atoms with Crippen molar-refractivity contribution in [1.82, 2.24) is 4.98 Å². The second-order valence-corrected chi connectivity index (χ2v) is 10.8. The van der Waals surface area contributed by atoms with E-state index in [1.165, 1.54) is 32.8 Å². The second-order valence-electron chi connectivity index (χ2n) is 7.96. The number of thiazole rings is 1. The molecule has 30 heavy (non-hydrogen) atoms. The maximum absolute atomic E-state index is 4.75. The van der Waals surface area contributed by atoms with Gasteiger partial charge < -0.3 is 9.80 Å². The summed E-state index contributed by atoms with van der Waals surface area (Å²) in [5.74, 6) is 0. The molecule has 0 saturated heterocycles. The molecule has 0 radical (unpaired) electrons. The van der Waals surface area contributed by atoms with Crippen LogP contribution in [0.5, 0.6) is 0 Å². The van der Waals surface area contributed by atoms with E-state index in [0.717, 1.165) is 10.5 Å². The number of hydrogen-bond acceptors (Lipinski definition) is 4. The van der Waals surface area contributed by atoms with Crippen LogP contribution < -0.4 is 9.80 Å². The lowest BCUT2D eigenvalue weighted by molar-refractivity contribution is 0.938. The van der Waals surface area contributed by atoms with E-state index in [-0.39, 0.29) is 3.42 Å². The summed E-state index contributed by atoms with van der Waals surface area (Å²) in [4.78, 5) is 9.02. The van der Waals surface area contributed by atoms with Crippen LogP contribution in [0.2, 0.25) is 0 Å². The van der Waals surface area contributed by atoms with E-state index in [1.54, 1.807) is 11.3 Å². The van der Waals surface area contributed by atoms with Crippen LogP contribution in [-0.2, 0) is 3.42 Å². The van der Waals surface area contributed by atoms with E-state index in [4.69, 9.17) is 4.98 Å². The number of aromatic nitrogens is 1. The SMILES string of the molecule is Cc1nc2cc(C(I)(c3ccc(N(C)C)cc3)c3ccc(N(C)C)cc3)ccc2s1. The van der Waals surface area contributed by atoms with E-state index >= 15 is 0 Å². The molecular weight excluding hydrogens is 501 g/mol. The van der Waals surface area contributed by atoms with Gasteiger partial charge in [0.2, 0.25) is 0 Å². The van der Waals surface area contributed by atoms with E-state index in [9.17, 15) is 0 Å². The molecule has 0 spiro atoms. The molecule has 0 atom stereocenters. The molecule has 0 unspecified atom stereocenters. The first-order valence-corrected chi connectivity index (χ1v) is 11.8.